The van der Waals surface area contributed by atoms with Crippen molar-refractivity contribution in [3.63, 3.8) is 0 Å². The Labute approximate surface area is 125 Å². The Hall–Kier alpha value is -1.10. The second-order valence-electron chi connectivity index (χ2n) is 7.63. The summed E-state index contributed by atoms with van der Waals surface area (Å²) in [6.45, 7) is 4.67. The summed E-state index contributed by atoms with van der Waals surface area (Å²) in [7, 11) is 0. The second-order valence-corrected chi connectivity index (χ2v) is 7.63. The molecule has 2 saturated carbocycles. The van der Waals surface area contributed by atoms with Gasteiger partial charge in [-0.2, -0.15) is 0 Å². The van der Waals surface area contributed by atoms with Crippen LogP contribution in [0.4, 0.5) is 0 Å². The smallest absolute Gasteiger partial charge is 0.306 e. The number of carboxylic acids is 1. The van der Waals surface area contributed by atoms with Crippen LogP contribution in [0.5, 0.6) is 0 Å². The van der Waals surface area contributed by atoms with Crippen LogP contribution in [0.2, 0.25) is 0 Å². The van der Waals surface area contributed by atoms with Crippen LogP contribution >= 0.6 is 0 Å². The van der Waals surface area contributed by atoms with Gasteiger partial charge in [0.05, 0.1) is 11.5 Å². The number of amides is 1. The van der Waals surface area contributed by atoms with E-state index < -0.39 is 5.97 Å². The van der Waals surface area contributed by atoms with Crippen LogP contribution in [0.25, 0.3) is 0 Å². The van der Waals surface area contributed by atoms with Gasteiger partial charge >= 0.3 is 5.97 Å². The van der Waals surface area contributed by atoms with Gasteiger partial charge in [-0.3, -0.25) is 9.59 Å². The van der Waals surface area contributed by atoms with Crippen LogP contribution in [0.15, 0.2) is 0 Å². The monoisotopic (exact) mass is 295 g/mol. The summed E-state index contributed by atoms with van der Waals surface area (Å²) in [4.78, 5) is 23.4. The molecule has 1 heterocycles. The average Bonchev–Trinajstić information content (AvgIpc) is 3.20. The molecule has 5 nitrogen and oxygen atoms in total. The maximum atomic E-state index is 12.5. The Balaban J connectivity index is 1.55. The molecule has 118 valence electrons. The van der Waals surface area contributed by atoms with Crippen molar-refractivity contribution in [1.82, 2.24) is 5.32 Å². The number of carbonyl (C=O) groups is 2. The highest BCUT2D eigenvalue weighted by atomic mass is 16.5. The number of rotatable bonds is 4. The second kappa shape index (κ2) is 4.97. The molecule has 5 heteroatoms. The van der Waals surface area contributed by atoms with Gasteiger partial charge < -0.3 is 15.2 Å². The molecule has 1 spiro atoms. The van der Waals surface area contributed by atoms with Crippen molar-refractivity contribution in [1.29, 1.82) is 0 Å². The summed E-state index contributed by atoms with van der Waals surface area (Å²) in [5.74, 6) is -0.347. The molecule has 2 N–H and O–H groups in total. The third-order valence-electron chi connectivity index (χ3n) is 5.60. The van der Waals surface area contributed by atoms with Crippen molar-refractivity contribution in [2.24, 2.45) is 17.3 Å². The van der Waals surface area contributed by atoms with E-state index in [1.54, 1.807) is 0 Å². The molecule has 0 radical (unpaired) electrons. The van der Waals surface area contributed by atoms with Gasteiger partial charge in [-0.1, -0.05) is 13.8 Å². The molecule has 1 amide bonds. The maximum absolute atomic E-state index is 12.5. The number of aliphatic carboxylic acids is 1. The fourth-order valence-corrected chi connectivity index (χ4v) is 3.81. The summed E-state index contributed by atoms with van der Waals surface area (Å²) in [6, 6.07) is 0.124. The molecule has 1 aliphatic heterocycles. The molecule has 0 aromatic heterocycles. The molecule has 3 aliphatic rings. The van der Waals surface area contributed by atoms with E-state index in [-0.39, 0.29) is 28.9 Å². The first kappa shape index (κ1) is 14.8. The third-order valence-corrected chi connectivity index (χ3v) is 5.60. The number of hydrogen-bond donors (Lipinski definition) is 2. The average molecular weight is 295 g/mol. The third kappa shape index (κ3) is 2.80. The predicted molar refractivity (Wildman–Crippen MR) is 76.7 cm³/mol. The Morgan fingerprint density at radius 3 is 2.43 bits per heavy atom. The molecule has 1 atom stereocenters. The molecule has 0 aromatic carbocycles. The lowest BCUT2D eigenvalue weighted by molar-refractivity contribution is -0.182. The Morgan fingerprint density at radius 1 is 1.19 bits per heavy atom. The van der Waals surface area contributed by atoms with E-state index in [4.69, 9.17) is 9.84 Å². The highest BCUT2D eigenvalue weighted by Crippen LogP contribution is 2.48. The first-order chi connectivity index (χ1) is 9.82. The standard InChI is InChI=1S/C16H25NO4/c1-15(2,11-3-4-11)14(20)17-12-5-6-21-16(9-12)7-10(8-16)13(18)19/h10-12H,3-9H2,1-2H3,(H,17,20)(H,18,19). The Morgan fingerprint density at radius 2 is 1.86 bits per heavy atom. The molecule has 3 fully saturated rings. The molecule has 2 aliphatic carbocycles. The SMILES string of the molecule is CC(C)(C(=O)NC1CCOC2(C1)CC(C(=O)O)C2)C1CC1. The minimum Gasteiger partial charge on any atom is -0.481 e. The first-order valence-electron chi connectivity index (χ1n) is 8.00. The number of nitrogens with one attached hydrogen (secondary N) is 1. The molecule has 1 unspecified atom stereocenters. The molecular weight excluding hydrogens is 270 g/mol. The summed E-state index contributed by atoms with van der Waals surface area (Å²) in [5.41, 5.74) is -0.586. The Kier molecular flexibility index (Phi) is 3.51. The van der Waals surface area contributed by atoms with Gasteiger partial charge in [0.15, 0.2) is 0 Å². The molecule has 0 aromatic rings. The lowest BCUT2D eigenvalue weighted by Crippen LogP contribution is -2.57. The zero-order chi connectivity index (χ0) is 15.3. The fraction of sp³-hybridized carbons (Fsp3) is 0.875. The minimum atomic E-state index is -0.731. The molecule has 21 heavy (non-hydrogen) atoms. The predicted octanol–water partition coefficient (Wildman–Crippen LogP) is 1.95. The first-order valence-corrected chi connectivity index (χ1v) is 8.00. The van der Waals surface area contributed by atoms with Crippen molar-refractivity contribution < 1.29 is 19.4 Å². The maximum Gasteiger partial charge on any atom is 0.306 e. The molecule has 0 bridgehead atoms. The van der Waals surface area contributed by atoms with Crippen LogP contribution in [0.3, 0.4) is 0 Å². The lowest BCUT2D eigenvalue weighted by atomic mass is 9.66. The summed E-state index contributed by atoms with van der Waals surface area (Å²) in [6.07, 6.45) is 5.05. The molecule has 3 rings (SSSR count). The van der Waals surface area contributed by atoms with Gasteiger partial charge in [-0.05, 0) is 44.4 Å². The van der Waals surface area contributed by atoms with E-state index in [1.807, 2.05) is 13.8 Å². The van der Waals surface area contributed by atoms with Gasteiger partial charge in [-0.25, -0.2) is 0 Å². The largest absolute Gasteiger partial charge is 0.481 e. The van der Waals surface area contributed by atoms with Crippen molar-refractivity contribution in [3.8, 4) is 0 Å². The van der Waals surface area contributed by atoms with Gasteiger partial charge in [0.2, 0.25) is 5.91 Å². The van der Waals surface area contributed by atoms with Crippen LogP contribution in [0.1, 0.15) is 52.4 Å². The van der Waals surface area contributed by atoms with Gasteiger partial charge in [0.25, 0.3) is 0 Å². The zero-order valence-corrected chi connectivity index (χ0v) is 12.9. The zero-order valence-electron chi connectivity index (χ0n) is 12.9. The van der Waals surface area contributed by atoms with E-state index in [0.29, 0.717) is 25.4 Å². The van der Waals surface area contributed by atoms with Gasteiger partial charge in [0.1, 0.15) is 0 Å². The molecular formula is C16H25NO4. The van der Waals surface area contributed by atoms with E-state index in [9.17, 15) is 9.59 Å². The van der Waals surface area contributed by atoms with Crippen LogP contribution < -0.4 is 5.32 Å². The van der Waals surface area contributed by atoms with E-state index >= 15 is 0 Å². The molecule has 1 saturated heterocycles. The van der Waals surface area contributed by atoms with Crippen molar-refractivity contribution in [2.45, 2.75) is 64.0 Å². The number of carbonyl (C=O) groups excluding carboxylic acids is 1. The Bertz CT molecular complexity index is 449. The number of carboxylic acid groups (broad SMARTS) is 1. The summed E-state index contributed by atoms with van der Waals surface area (Å²) >= 11 is 0. The quantitative estimate of drug-likeness (QED) is 0.831. The highest BCUT2D eigenvalue weighted by molar-refractivity contribution is 5.82. The van der Waals surface area contributed by atoms with Gasteiger partial charge in [-0.15, -0.1) is 0 Å². The van der Waals surface area contributed by atoms with Crippen LogP contribution in [-0.4, -0.2) is 35.2 Å². The van der Waals surface area contributed by atoms with E-state index in [0.717, 1.165) is 25.7 Å². The van der Waals surface area contributed by atoms with E-state index in [1.165, 1.54) is 0 Å². The highest BCUT2D eigenvalue weighted by Gasteiger charge is 2.52. The topological polar surface area (TPSA) is 75.6 Å². The van der Waals surface area contributed by atoms with Crippen molar-refractivity contribution >= 4 is 11.9 Å². The summed E-state index contributed by atoms with van der Waals surface area (Å²) < 4.78 is 5.82. The van der Waals surface area contributed by atoms with Crippen LogP contribution in [0, 0.1) is 17.3 Å². The minimum absolute atomic E-state index is 0.124. The lowest BCUT2D eigenvalue weighted by Gasteiger charge is -2.50. The van der Waals surface area contributed by atoms with Crippen molar-refractivity contribution in [3.05, 3.63) is 0 Å². The fourth-order valence-electron chi connectivity index (χ4n) is 3.81. The van der Waals surface area contributed by atoms with Gasteiger partial charge in [0, 0.05) is 18.1 Å². The number of ether oxygens (including phenoxy) is 1. The summed E-state index contributed by atoms with van der Waals surface area (Å²) in [5, 5.41) is 12.2. The van der Waals surface area contributed by atoms with Crippen LogP contribution in [-0.2, 0) is 14.3 Å². The normalized spacial score (nSPS) is 36.1. The number of hydrogen-bond acceptors (Lipinski definition) is 3. The van der Waals surface area contributed by atoms with Crippen molar-refractivity contribution in [2.75, 3.05) is 6.61 Å². The van der Waals surface area contributed by atoms with E-state index in [2.05, 4.69) is 5.32 Å².